The van der Waals surface area contributed by atoms with E-state index >= 15 is 0 Å². The second-order valence-corrected chi connectivity index (χ2v) is 5.55. The monoisotopic (exact) mass is 429 g/mol. The zero-order valence-electron chi connectivity index (χ0n) is 9.96. The number of hydrogen-bond acceptors (Lipinski definition) is 2. The Morgan fingerprint density at radius 2 is 2.22 bits per heavy atom. The van der Waals surface area contributed by atoms with Crippen molar-refractivity contribution in [2.24, 2.45) is 0 Å². The van der Waals surface area contributed by atoms with Gasteiger partial charge in [0.15, 0.2) is 0 Å². The van der Waals surface area contributed by atoms with Crippen molar-refractivity contribution < 1.29 is 13.9 Å². The third-order valence-electron chi connectivity index (χ3n) is 2.37. The lowest BCUT2D eigenvalue weighted by molar-refractivity contribution is 0.0708. The van der Waals surface area contributed by atoms with E-state index in [4.69, 9.17) is 4.74 Å². The van der Waals surface area contributed by atoms with Crippen molar-refractivity contribution in [2.45, 2.75) is 0 Å². The maximum atomic E-state index is 13.0. The summed E-state index contributed by atoms with van der Waals surface area (Å²) in [5, 5.41) is 0.695. The van der Waals surface area contributed by atoms with E-state index in [1.165, 1.54) is 18.2 Å². The summed E-state index contributed by atoms with van der Waals surface area (Å²) in [6.07, 6.45) is 0. The highest BCUT2D eigenvalue weighted by Crippen LogP contribution is 2.16. The number of halogens is 3. The van der Waals surface area contributed by atoms with Crippen LogP contribution in [0.2, 0.25) is 0 Å². The molecule has 0 atom stereocenters. The molecular weight excluding hydrogens is 416 g/mol. The molecule has 3 nitrogen and oxygen atoms in total. The van der Waals surface area contributed by atoms with Crippen LogP contribution in [0.25, 0.3) is 0 Å². The molecule has 0 heterocycles. The Morgan fingerprint density at radius 1 is 1.50 bits per heavy atom. The van der Waals surface area contributed by atoms with E-state index in [0.717, 1.165) is 0 Å². The van der Waals surface area contributed by atoms with Crippen molar-refractivity contribution in [1.82, 2.24) is 4.90 Å². The molecule has 0 aliphatic rings. The Balaban J connectivity index is 2.87. The highest BCUT2D eigenvalue weighted by molar-refractivity contribution is 14.1. The fourth-order valence-electron chi connectivity index (χ4n) is 1.45. The van der Waals surface area contributed by atoms with E-state index in [-0.39, 0.29) is 11.7 Å². The smallest absolute Gasteiger partial charge is 0.255 e. The summed E-state index contributed by atoms with van der Waals surface area (Å²) in [4.78, 5) is 14.0. The molecule has 0 radical (unpaired) electrons. The predicted octanol–water partition coefficient (Wildman–Crippen LogP) is 2.91. The van der Waals surface area contributed by atoms with Gasteiger partial charge in [0.05, 0.1) is 12.2 Å². The number of carbonyl (C=O) groups is 1. The fraction of sp³-hybridized carbons (Fsp3) is 0.417. The van der Waals surface area contributed by atoms with Crippen molar-refractivity contribution in [2.75, 3.05) is 32.1 Å². The number of ether oxygens (including phenoxy) is 1. The van der Waals surface area contributed by atoms with Gasteiger partial charge in [-0.2, -0.15) is 0 Å². The van der Waals surface area contributed by atoms with Crippen LogP contribution in [0.5, 0.6) is 0 Å². The largest absolute Gasteiger partial charge is 0.383 e. The summed E-state index contributed by atoms with van der Waals surface area (Å²) in [5.74, 6) is -0.434. The Morgan fingerprint density at radius 3 is 2.78 bits per heavy atom. The first-order valence-corrected chi connectivity index (χ1v) is 7.59. The Hall–Kier alpha value is -0.210. The van der Waals surface area contributed by atoms with Gasteiger partial charge in [0, 0.05) is 29.1 Å². The Bertz CT molecular complexity index is 417. The standard InChI is InChI=1S/C12H14BrFINO2/c1-18-7-6-16(5-4-13)12(17)10-3-2-9(14)8-11(10)15/h2-3,8H,4-7H2,1H3. The second-order valence-electron chi connectivity index (χ2n) is 3.60. The maximum Gasteiger partial charge on any atom is 0.255 e. The predicted molar refractivity (Wildman–Crippen MR) is 80.7 cm³/mol. The normalized spacial score (nSPS) is 10.4. The van der Waals surface area contributed by atoms with Crippen LogP contribution >= 0.6 is 38.5 Å². The summed E-state index contributed by atoms with van der Waals surface area (Å²) in [6.45, 7) is 1.60. The number of amides is 1. The van der Waals surface area contributed by atoms with Gasteiger partial charge in [-0.25, -0.2) is 4.39 Å². The molecule has 0 bridgehead atoms. The molecule has 1 aromatic carbocycles. The summed E-state index contributed by atoms with van der Waals surface area (Å²) in [6, 6.07) is 4.18. The van der Waals surface area contributed by atoms with Crippen molar-refractivity contribution >= 4 is 44.4 Å². The average molecular weight is 430 g/mol. The third kappa shape index (κ3) is 4.47. The van der Waals surface area contributed by atoms with Crippen molar-refractivity contribution in [3.8, 4) is 0 Å². The second kappa shape index (κ2) is 8.06. The van der Waals surface area contributed by atoms with Crippen LogP contribution < -0.4 is 0 Å². The van der Waals surface area contributed by atoms with Gasteiger partial charge in [-0.05, 0) is 40.8 Å². The molecule has 18 heavy (non-hydrogen) atoms. The van der Waals surface area contributed by atoms with Gasteiger partial charge in [0.25, 0.3) is 5.91 Å². The van der Waals surface area contributed by atoms with Gasteiger partial charge in [-0.1, -0.05) is 15.9 Å². The number of alkyl halides is 1. The molecule has 0 unspecified atom stereocenters. The molecular formula is C12H14BrFINO2. The number of carbonyl (C=O) groups excluding carboxylic acids is 1. The fourth-order valence-corrected chi connectivity index (χ4v) is 2.59. The molecule has 0 aromatic heterocycles. The summed E-state index contributed by atoms with van der Waals surface area (Å²) in [5.41, 5.74) is 0.522. The minimum Gasteiger partial charge on any atom is -0.383 e. The van der Waals surface area contributed by atoms with E-state index < -0.39 is 0 Å². The molecule has 1 amide bonds. The van der Waals surface area contributed by atoms with Crippen molar-refractivity contribution in [3.63, 3.8) is 0 Å². The molecule has 0 aliphatic heterocycles. The average Bonchev–Trinajstić information content (AvgIpc) is 2.33. The van der Waals surface area contributed by atoms with E-state index in [1.54, 1.807) is 12.0 Å². The van der Waals surface area contributed by atoms with E-state index in [1.807, 2.05) is 22.6 Å². The maximum absolute atomic E-state index is 13.0. The zero-order chi connectivity index (χ0) is 13.5. The molecule has 1 rings (SSSR count). The topological polar surface area (TPSA) is 29.5 Å². The Kier molecular flexibility index (Phi) is 7.10. The molecule has 100 valence electrons. The molecule has 1 aromatic rings. The van der Waals surface area contributed by atoms with Gasteiger partial charge in [-0.3, -0.25) is 4.79 Å². The van der Waals surface area contributed by atoms with Gasteiger partial charge in [0.1, 0.15) is 5.82 Å². The van der Waals surface area contributed by atoms with Gasteiger partial charge in [0.2, 0.25) is 0 Å². The quantitative estimate of drug-likeness (QED) is 0.514. The van der Waals surface area contributed by atoms with Crippen LogP contribution in [0, 0.1) is 9.39 Å². The lowest BCUT2D eigenvalue weighted by Crippen LogP contribution is -2.35. The van der Waals surface area contributed by atoms with Crippen LogP contribution in [-0.2, 0) is 4.74 Å². The lowest BCUT2D eigenvalue weighted by Gasteiger charge is -2.22. The van der Waals surface area contributed by atoms with E-state index in [2.05, 4.69) is 15.9 Å². The van der Waals surface area contributed by atoms with E-state index in [9.17, 15) is 9.18 Å². The van der Waals surface area contributed by atoms with Crippen molar-refractivity contribution in [3.05, 3.63) is 33.1 Å². The first-order valence-electron chi connectivity index (χ1n) is 5.39. The molecule has 0 spiro atoms. The van der Waals surface area contributed by atoms with Crippen LogP contribution in [0.3, 0.4) is 0 Å². The summed E-state index contributed by atoms with van der Waals surface area (Å²) < 4.78 is 18.6. The van der Waals surface area contributed by atoms with Gasteiger partial charge in [-0.15, -0.1) is 0 Å². The Labute approximate surface area is 128 Å². The summed E-state index contributed by atoms with van der Waals surface area (Å²) >= 11 is 5.29. The first kappa shape index (κ1) is 15.8. The minimum absolute atomic E-state index is 0.101. The number of nitrogens with zero attached hydrogens (tertiary/aromatic N) is 1. The van der Waals surface area contributed by atoms with Crippen LogP contribution in [0.1, 0.15) is 10.4 Å². The molecule has 0 saturated heterocycles. The highest BCUT2D eigenvalue weighted by Gasteiger charge is 2.17. The van der Waals surface area contributed by atoms with E-state index in [0.29, 0.717) is 34.2 Å². The highest BCUT2D eigenvalue weighted by atomic mass is 127. The van der Waals surface area contributed by atoms with Crippen LogP contribution in [0.4, 0.5) is 4.39 Å². The number of benzene rings is 1. The molecule has 6 heteroatoms. The lowest BCUT2D eigenvalue weighted by atomic mass is 10.2. The molecule has 0 fully saturated rings. The van der Waals surface area contributed by atoms with Crippen LogP contribution in [0.15, 0.2) is 18.2 Å². The van der Waals surface area contributed by atoms with Crippen molar-refractivity contribution in [1.29, 1.82) is 0 Å². The molecule has 0 aliphatic carbocycles. The number of methoxy groups -OCH3 is 1. The molecule has 0 saturated carbocycles. The zero-order valence-corrected chi connectivity index (χ0v) is 13.7. The number of rotatable bonds is 6. The minimum atomic E-state index is -0.333. The van der Waals surface area contributed by atoms with Gasteiger partial charge < -0.3 is 9.64 Å². The number of hydrogen-bond donors (Lipinski definition) is 0. The summed E-state index contributed by atoms with van der Waals surface area (Å²) in [7, 11) is 1.60. The SMILES string of the molecule is COCCN(CCBr)C(=O)c1ccc(F)cc1I. The first-order chi connectivity index (χ1) is 8.60. The molecule has 0 N–H and O–H groups in total. The van der Waals surface area contributed by atoms with Gasteiger partial charge >= 0.3 is 0 Å². The van der Waals surface area contributed by atoms with Crippen LogP contribution in [-0.4, -0.2) is 42.9 Å². The third-order valence-corrected chi connectivity index (χ3v) is 3.62.